The van der Waals surface area contributed by atoms with Crippen molar-refractivity contribution in [3.63, 3.8) is 0 Å². The summed E-state index contributed by atoms with van der Waals surface area (Å²) in [7, 11) is 1.69. The summed E-state index contributed by atoms with van der Waals surface area (Å²) in [6.07, 6.45) is 0. The van der Waals surface area contributed by atoms with Crippen LogP contribution in [0, 0.1) is 6.92 Å². The molecule has 0 heterocycles. The molecule has 2 nitrogen and oxygen atoms in total. The third kappa shape index (κ3) is 3.20. The molecule has 0 fully saturated rings. The highest BCUT2D eigenvalue weighted by Crippen LogP contribution is 2.23. The van der Waals surface area contributed by atoms with E-state index in [0.717, 1.165) is 10.7 Å². The molecule has 1 aromatic rings. The third-order valence-electron chi connectivity index (χ3n) is 1.94. The number of benzene rings is 1. The Morgan fingerprint density at radius 2 is 2.21 bits per heavy atom. The van der Waals surface area contributed by atoms with Gasteiger partial charge in [-0.1, -0.05) is 17.7 Å². The summed E-state index contributed by atoms with van der Waals surface area (Å²) < 4.78 is 5.03. The number of aryl methyl sites for hydroxylation is 1. The largest absolute Gasteiger partial charge is 0.383 e. The molecule has 0 bridgehead atoms. The van der Waals surface area contributed by atoms with Crippen LogP contribution in [0.4, 0.5) is 5.69 Å². The van der Waals surface area contributed by atoms with Crippen LogP contribution in [0.3, 0.4) is 0 Å². The topological polar surface area (TPSA) is 21.3 Å². The highest BCUT2D eigenvalue weighted by molar-refractivity contribution is 6.33. The van der Waals surface area contributed by atoms with Gasteiger partial charge in [-0.2, -0.15) is 0 Å². The highest BCUT2D eigenvalue weighted by Gasteiger charge is 2.04. The molecule has 0 radical (unpaired) electrons. The number of hydrogen-bond donors (Lipinski definition) is 1. The standard InChI is InChI=1S/C11H16ClNO/c1-8-4-5-11(10(12)6-8)13-9(2)7-14-3/h4-6,9,13H,7H2,1-3H3. The van der Waals surface area contributed by atoms with Crippen LogP contribution < -0.4 is 5.32 Å². The van der Waals surface area contributed by atoms with Crippen molar-refractivity contribution in [2.24, 2.45) is 0 Å². The summed E-state index contributed by atoms with van der Waals surface area (Å²) in [5, 5.41) is 4.04. The number of anilines is 1. The molecule has 1 aromatic carbocycles. The fraction of sp³-hybridized carbons (Fsp3) is 0.455. The van der Waals surface area contributed by atoms with Crippen LogP contribution in [0.25, 0.3) is 0 Å². The minimum Gasteiger partial charge on any atom is -0.383 e. The zero-order chi connectivity index (χ0) is 10.6. The first-order valence-electron chi connectivity index (χ1n) is 4.65. The number of hydrogen-bond acceptors (Lipinski definition) is 2. The van der Waals surface area contributed by atoms with Gasteiger partial charge >= 0.3 is 0 Å². The predicted octanol–water partition coefficient (Wildman–Crippen LogP) is 3.10. The molecule has 0 amide bonds. The van der Waals surface area contributed by atoms with Crippen molar-refractivity contribution in [3.8, 4) is 0 Å². The second kappa shape index (κ2) is 5.23. The quantitative estimate of drug-likeness (QED) is 0.830. The molecule has 0 aliphatic heterocycles. The molecule has 0 aromatic heterocycles. The molecule has 78 valence electrons. The number of nitrogens with one attached hydrogen (secondary N) is 1. The molecular formula is C11H16ClNO. The normalized spacial score (nSPS) is 12.6. The van der Waals surface area contributed by atoms with E-state index in [4.69, 9.17) is 16.3 Å². The van der Waals surface area contributed by atoms with Gasteiger partial charge in [-0.15, -0.1) is 0 Å². The Kier molecular flexibility index (Phi) is 4.23. The van der Waals surface area contributed by atoms with Crippen LogP contribution in [0.2, 0.25) is 5.02 Å². The molecule has 0 aliphatic rings. The Hall–Kier alpha value is -0.730. The fourth-order valence-corrected chi connectivity index (χ4v) is 1.58. The van der Waals surface area contributed by atoms with Crippen molar-refractivity contribution in [2.75, 3.05) is 19.0 Å². The molecule has 3 heteroatoms. The lowest BCUT2D eigenvalue weighted by Crippen LogP contribution is -2.20. The number of halogens is 1. The summed E-state index contributed by atoms with van der Waals surface area (Å²) >= 11 is 6.07. The zero-order valence-corrected chi connectivity index (χ0v) is 9.56. The fourth-order valence-electron chi connectivity index (χ4n) is 1.29. The van der Waals surface area contributed by atoms with E-state index in [0.29, 0.717) is 6.61 Å². The van der Waals surface area contributed by atoms with E-state index in [-0.39, 0.29) is 6.04 Å². The summed E-state index contributed by atoms with van der Waals surface area (Å²) in [4.78, 5) is 0. The van der Waals surface area contributed by atoms with E-state index >= 15 is 0 Å². The zero-order valence-electron chi connectivity index (χ0n) is 8.80. The van der Waals surface area contributed by atoms with Gasteiger partial charge < -0.3 is 10.1 Å². The lowest BCUT2D eigenvalue weighted by molar-refractivity contribution is 0.190. The lowest BCUT2D eigenvalue weighted by atomic mass is 10.2. The van der Waals surface area contributed by atoms with Crippen LogP contribution in [0.5, 0.6) is 0 Å². The first-order chi connectivity index (χ1) is 6.63. The Bertz CT molecular complexity index is 301. The molecular weight excluding hydrogens is 198 g/mol. The van der Waals surface area contributed by atoms with Gasteiger partial charge in [0.2, 0.25) is 0 Å². The van der Waals surface area contributed by atoms with Crippen molar-refractivity contribution >= 4 is 17.3 Å². The molecule has 1 N–H and O–H groups in total. The third-order valence-corrected chi connectivity index (χ3v) is 2.26. The Balaban J connectivity index is 2.67. The summed E-state index contributed by atoms with van der Waals surface area (Å²) in [5.74, 6) is 0. The van der Waals surface area contributed by atoms with Gasteiger partial charge in [-0.25, -0.2) is 0 Å². The van der Waals surface area contributed by atoms with Crippen molar-refractivity contribution < 1.29 is 4.74 Å². The Labute approximate surface area is 90.2 Å². The molecule has 0 spiro atoms. The molecule has 0 saturated carbocycles. The molecule has 1 atom stereocenters. The van der Waals surface area contributed by atoms with Crippen LogP contribution >= 0.6 is 11.6 Å². The van der Waals surface area contributed by atoms with Gasteiger partial charge in [0.25, 0.3) is 0 Å². The second-order valence-electron chi connectivity index (χ2n) is 3.48. The van der Waals surface area contributed by atoms with Crippen LogP contribution in [0.1, 0.15) is 12.5 Å². The van der Waals surface area contributed by atoms with Gasteiger partial charge in [0.15, 0.2) is 0 Å². The number of rotatable bonds is 4. The average Bonchev–Trinajstić information content (AvgIpc) is 2.10. The van der Waals surface area contributed by atoms with Gasteiger partial charge in [0.1, 0.15) is 0 Å². The van der Waals surface area contributed by atoms with Crippen LogP contribution in [0.15, 0.2) is 18.2 Å². The Morgan fingerprint density at radius 1 is 1.50 bits per heavy atom. The van der Waals surface area contributed by atoms with Crippen LogP contribution in [-0.2, 0) is 4.74 Å². The maximum absolute atomic E-state index is 6.07. The van der Waals surface area contributed by atoms with Crippen molar-refractivity contribution in [3.05, 3.63) is 28.8 Å². The summed E-state index contributed by atoms with van der Waals surface area (Å²) in [6.45, 7) is 4.75. The SMILES string of the molecule is COCC(C)Nc1ccc(C)cc1Cl. The minimum absolute atomic E-state index is 0.264. The van der Waals surface area contributed by atoms with Gasteiger partial charge in [-0.05, 0) is 31.5 Å². The van der Waals surface area contributed by atoms with Crippen molar-refractivity contribution in [1.29, 1.82) is 0 Å². The maximum atomic E-state index is 6.07. The van der Waals surface area contributed by atoms with E-state index in [1.165, 1.54) is 5.56 Å². The first kappa shape index (κ1) is 11.3. The average molecular weight is 214 g/mol. The van der Waals surface area contributed by atoms with E-state index < -0.39 is 0 Å². The van der Waals surface area contributed by atoms with E-state index in [1.54, 1.807) is 7.11 Å². The second-order valence-corrected chi connectivity index (χ2v) is 3.89. The first-order valence-corrected chi connectivity index (χ1v) is 5.03. The molecule has 0 saturated heterocycles. The van der Waals surface area contributed by atoms with E-state index in [1.807, 2.05) is 25.1 Å². The van der Waals surface area contributed by atoms with Gasteiger partial charge in [-0.3, -0.25) is 0 Å². The number of ether oxygens (including phenoxy) is 1. The predicted molar refractivity (Wildman–Crippen MR) is 61.1 cm³/mol. The van der Waals surface area contributed by atoms with Gasteiger partial charge in [0, 0.05) is 13.2 Å². The van der Waals surface area contributed by atoms with Crippen LogP contribution in [-0.4, -0.2) is 19.8 Å². The van der Waals surface area contributed by atoms with E-state index in [2.05, 4.69) is 12.2 Å². The lowest BCUT2D eigenvalue weighted by Gasteiger charge is -2.15. The number of methoxy groups -OCH3 is 1. The smallest absolute Gasteiger partial charge is 0.0661 e. The van der Waals surface area contributed by atoms with Crippen molar-refractivity contribution in [1.82, 2.24) is 0 Å². The molecule has 0 aliphatic carbocycles. The molecule has 1 unspecified atom stereocenters. The monoisotopic (exact) mass is 213 g/mol. The maximum Gasteiger partial charge on any atom is 0.0661 e. The minimum atomic E-state index is 0.264. The van der Waals surface area contributed by atoms with Gasteiger partial charge in [0.05, 0.1) is 17.3 Å². The highest BCUT2D eigenvalue weighted by atomic mass is 35.5. The summed E-state index contributed by atoms with van der Waals surface area (Å²) in [6, 6.07) is 6.24. The molecule has 1 rings (SSSR count). The van der Waals surface area contributed by atoms with Crippen molar-refractivity contribution in [2.45, 2.75) is 19.9 Å². The van der Waals surface area contributed by atoms with E-state index in [9.17, 15) is 0 Å². The summed E-state index contributed by atoms with van der Waals surface area (Å²) in [5.41, 5.74) is 2.13. The Morgan fingerprint density at radius 3 is 2.79 bits per heavy atom. The molecule has 14 heavy (non-hydrogen) atoms.